The van der Waals surface area contributed by atoms with Gasteiger partial charge in [0.25, 0.3) is 0 Å². The fourth-order valence-electron chi connectivity index (χ4n) is 1.54. The average molecular weight is 235 g/mol. The number of carbonyl (C=O) groups excluding carboxylic acids is 1. The van der Waals surface area contributed by atoms with E-state index in [1.54, 1.807) is 31.3 Å². The van der Waals surface area contributed by atoms with Gasteiger partial charge in [0, 0.05) is 18.5 Å². The van der Waals surface area contributed by atoms with Gasteiger partial charge in [0.2, 0.25) is 5.91 Å². The Morgan fingerprint density at radius 3 is 2.53 bits per heavy atom. The van der Waals surface area contributed by atoms with E-state index < -0.39 is 0 Å². The second-order valence-corrected chi connectivity index (χ2v) is 4.05. The molecule has 1 aromatic rings. The predicted octanol–water partition coefficient (Wildman–Crippen LogP) is 1.40. The maximum Gasteiger partial charge on any atom is 0.229 e. The number of hydrogen-bond donors (Lipinski definition) is 2. The van der Waals surface area contributed by atoms with Gasteiger partial charge in [0.1, 0.15) is 0 Å². The Kier molecular flexibility index (Phi) is 4.09. The molecule has 0 spiro atoms. The first kappa shape index (κ1) is 13.0. The Labute approximate surface area is 101 Å². The molecule has 17 heavy (non-hydrogen) atoms. The van der Waals surface area contributed by atoms with Gasteiger partial charge in [-0.2, -0.15) is 0 Å². The number of amides is 1. The Morgan fingerprint density at radius 1 is 1.41 bits per heavy atom. The minimum Gasteiger partial charge on any atom is -0.409 e. The third-order valence-corrected chi connectivity index (χ3v) is 2.47. The lowest BCUT2D eigenvalue weighted by Gasteiger charge is -2.21. The van der Waals surface area contributed by atoms with Gasteiger partial charge in [0.05, 0.1) is 5.69 Å². The van der Waals surface area contributed by atoms with E-state index in [9.17, 15) is 4.79 Å². The first-order valence-corrected chi connectivity index (χ1v) is 5.33. The van der Waals surface area contributed by atoms with E-state index in [4.69, 9.17) is 10.9 Å². The van der Waals surface area contributed by atoms with Crippen LogP contribution in [0.2, 0.25) is 0 Å². The molecule has 0 fully saturated rings. The summed E-state index contributed by atoms with van der Waals surface area (Å²) in [7, 11) is 1.67. The van der Waals surface area contributed by atoms with Crippen molar-refractivity contribution in [2.45, 2.75) is 13.8 Å². The summed E-state index contributed by atoms with van der Waals surface area (Å²) in [5, 5.41) is 11.7. The first-order chi connectivity index (χ1) is 7.99. The second-order valence-electron chi connectivity index (χ2n) is 4.05. The molecule has 0 unspecified atom stereocenters. The summed E-state index contributed by atoms with van der Waals surface area (Å²) >= 11 is 0. The van der Waals surface area contributed by atoms with Crippen LogP contribution in [-0.2, 0) is 4.79 Å². The fraction of sp³-hybridized carbons (Fsp3) is 0.333. The zero-order valence-electron chi connectivity index (χ0n) is 10.2. The van der Waals surface area contributed by atoms with E-state index in [0.717, 1.165) is 0 Å². The van der Waals surface area contributed by atoms with Crippen LogP contribution in [0.4, 0.5) is 5.69 Å². The Balaban J connectivity index is 3.18. The molecule has 0 aliphatic carbocycles. The molecule has 0 aliphatic rings. The highest BCUT2D eigenvalue weighted by molar-refractivity contribution is 6.06. The number of hydrogen-bond acceptors (Lipinski definition) is 3. The van der Waals surface area contributed by atoms with Crippen molar-refractivity contribution in [3.05, 3.63) is 29.8 Å². The van der Waals surface area contributed by atoms with Crippen molar-refractivity contribution in [1.29, 1.82) is 0 Å². The molecule has 0 aliphatic heterocycles. The molecule has 0 saturated carbocycles. The molecule has 0 atom stereocenters. The van der Waals surface area contributed by atoms with Crippen molar-refractivity contribution >= 4 is 17.4 Å². The van der Waals surface area contributed by atoms with Crippen LogP contribution in [0.3, 0.4) is 0 Å². The van der Waals surface area contributed by atoms with Crippen molar-refractivity contribution < 1.29 is 10.0 Å². The summed E-state index contributed by atoms with van der Waals surface area (Å²) in [6, 6.07) is 7.03. The van der Waals surface area contributed by atoms with Crippen molar-refractivity contribution in [2.75, 3.05) is 11.9 Å². The molecule has 0 aromatic heterocycles. The van der Waals surface area contributed by atoms with Crippen molar-refractivity contribution in [2.24, 2.45) is 16.8 Å². The molecule has 0 heterocycles. The smallest absolute Gasteiger partial charge is 0.229 e. The molecule has 5 nitrogen and oxygen atoms in total. The molecule has 5 heteroatoms. The first-order valence-electron chi connectivity index (χ1n) is 5.33. The number of nitrogens with two attached hydrogens (primary N) is 1. The van der Waals surface area contributed by atoms with Crippen LogP contribution in [0.25, 0.3) is 0 Å². The molecule has 0 bridgehead atoms. The average Bonchev–Trinajstić information content (AvgIpc) is 2.35. The zero-order chi connectivity index (χ0) is 13.0. The van der Waals surface area contributed by atoms with Crippen LogP contribution < -0.4 is 10.6 Å². The summed E-state index contributed by atoms with van der Waals surface area (Å²) < 4.78 is 0. The normalized spacial score (nSPS) is 11.6. The molecule has 3 N–H and O–H groups in total. The molecule has 1 aromatic carbocycles. The Bertz CT molecular complexity index is 441. The molecule has 0 radical (unpaired) electrons. The van der Waals surface area contributed by atoms with Gasteiger partial charge < -0.3 is 15.8 Å². The highest BCUT2D eigenvalue weighted by Crippen LogP contribution is 2.20. The molecule has 1 rings (SSSR count). The van der Waals surface area contributed by atoms with Crippen LogP contribution in [0.5, 0.6) is 0 Å². The summed E-state index contributed by atoms with van der Waals surface area (Å²) in [4.78, 5) is 13.4. The van der Waals surface area contributed by atoms with E-state index >= 15 is 0 Å². The minimum absolute atomic E-state index is 0.0102. The SMILES string of the molecule is CC(C)C(=O)N(C)c1ccccc1/C(N)=N/O. The number of para-hydroxylation sites is 1. The van der Waals surface area contributed by atoms with Gasteiger partial charge in [-0.25, -0.2) is 0 Å². The van der Waals surface area contributed by atoms with E-state index in [2.05, 4.69) is 5.16 Å². The van der Waals surface area contributed by atoms with Crippen molar-refractivity contribution in [1.82, 2.24) is 0 Å². The molecular formula is C12H17N3O2. The molecule has 92 valence electrons. The lowest BCUT2D eigenvalue weighted by Crippen LogP contribution is -2.32. The number of benzene rings is 1. The monoisotopic (exact) mass is 235 g/mol. The van der Waals surface area contributed by atoms with Crippen molar-refractivity contribution in [3.8, 4) is 0 Å². The largest absolute Gasteiger partial charge is 0.409 e. The number of anilines is 1. The maximum atomic E-state index is 11.9. The third kappa shape index (κ3) is 2.75. The Morgan fingerprint density at radius 2 is 2.00 bits per heavy atom. The van der Waals surface area contributed by atoms with Gasteiger partial charge in [0.15, 0.2) is 5.84 Å². The number of rotatable bonds is 3. The maximum absolute atomic E-state index is 11.9. The van der Waals surface area contributed by atoms with E-state index in [0.29, 0.717) is 11.3 Å². The van der Waals surface area contributed by atoms with E-state index in [1.165, 1.54) is 4.90 Å². The highest BCUT2D eigenvalue weighted by Gasteiger charge is 2.18. The topological polar surface area (TPSA) is 78.9 Å². The van der Waals surface area contributed by atoms with E-state index in [-0.39, 0.29) is 17.7 Å². The fourth-order valence-corrected chi connectivity index (χ4v) is 1.54. The standard InChI is InChI=1S/C12H17N3O2/c1-8(2)12(16)15(3)10-7-5-4-6-9(10)11(13)14-17/h4-8,17H,1-3H3,(H2,13,14). The van der Waals surface area contributed by atoms with Gasteiger partial charge in [-0.1, -0.05) is 31.1 Å². The van der Waals surface area contributed by atoms with Gasteiger partial charge in [-0.05, 0) is 12.1 Å². The van der Waals surface area contributed by atoms with Crippen molar-refractivity contribution in [3.63, 3.8) is 0 Å². The zero-order valence-corrected chi connectivity index (χ0v) is 10.2. The van der Waals surface area contributed by atoms with Crippen LogP contribution in [0, 0.1) is 5.92 Å². The lowest BCUT2D eigenvalue weighted by molar-refractivity contribution is -0.121. The lowest BCUT2D eigenvalue weighted by atomic mass is 10.1. The summed E-state index contributed by atoms with van der Waals surface area (Å²) in [5.74, 6) is -0.146. The van der Waals surface area contributed by atoms with Gasteiger partial charge in [-0.3, -0.25) is 4.79 Å². The summed E-state index contributed by atoms with van der Waals surface area (Å²) in [6.45, 7) is 3.65. The van der Waals surface area contributed by atoms with E-state index in [1.807, 2.05) is 13.8 Å². The summed E-state index contributed by atoms with van der Waals surface area (Å²) in [5.41, 5.74) is 6.73. The minimum atomic E-state index is -0.111. The third-order valence-electron chi connectivity index (χ3n) is 2.47. The summed E-state index contributed by atoms with van der Waals surface area (Å²) in [6.07, 6.45) is 0. The number of amidine groups is 1. The van der Waals surface area contributed by atoms with Gasteiger partial charge in [-0.15, -0.1) is 0 Å². The van der Waals surface area contributed by atoms with Crippen LogP contribution in [0.1, 0.15) is 19.4 Å². The Hall–Kier alpha value is -2.04. The number of nitrogens with zero attached hydrogens (tertiary/aromatic N) is 2. The van der Waals surface area contributed by atoms with Crippen LogP contribution in [-0.4, -0.2) is 24.0 Å². The molecule has 1 amide bonds. The van der Waals surface area contributed by atoms with Crippen LogP contribution in [0.15, 0.2) is 29.4 Å². The number of oxime groups is 1. The number of carbonyl (C=O) groups is 1. The molecule has 0 saturated heterocycles. The second kappa shape index (κ2) is 5.34. The quantitative estimate of drug-likeness (QED) is 0.360. The highest BCUT2D eigenvalue weighted by atomic mass is 16.4. The molecular weight excluding hydrogens is 218 g/mol. The van der Waals surface area contributed by atoms with Gasteiger partial charge >= 0.3 is 0 Å². The van der Waals surface area contributed by atoms with Crippen LogP contribution >= 0.6 is 0 Å². The predicted molar refractivity (Wildman–Crippen MR) is 67.2 cm³/mol.